The highest BCUT2D eigenvalue weighted by Crippen LogP contribution is 2.23. The summed E-state index contributed by atoms with van der Waals surface area (Å²) in [7, 11) is -3.36. The van der Waals surface area contributed by atoms with Gasteiger partial charge >= 0.3 is 0 Å². The van der Waals surface area contributed by atoms with Gasteiger partial charge in [0.1, 0.15) is 11.1 Å². The van der Waals surface area contributed by atoms with Gasteiger partial charge in [-0.2, -0.15) is 5.26 Å². The van der Waals surface area contributed by atoms with E-state index in [4.69, 9.17) is 5.26 Å². The lowest BCUT2D eigenvalue weighted by Crippen LogP contribution is -2.13. The first-order chi connectivity index (χ1) is 9.97. The largest absolute Gasteiger partial charge is 0.312 e. The second-order valence-electron chi connectivity index (χ2n) is 4.16. The molecule has 0 unspecified atom stereocenters. The molecule has 1 amide bonds. The van der Waals surface area contributed by atoms with E-state index in [1.165, 1.54) is 35.6 Å². The first-order valence-corrected chi connectivity index (χ1v) is 8.63. The monoisotopic (exact) mass is 320 g/mol. The minimum absolute atomic E-state index is 0.0262. The molecule has 7 heteroatoms. The summed E-state index contributed by atoms with van der Waals surface area (Å²) < 4.78 is 23.6. The summed E-state index contributed by atoms with van der Waals surface area (Å²) in [6.07, 6.45) is 0. The molecule has 1 heterocycles. The Hall–Kier alpha value is -2.17. The zero-order valence-corrected chi connectivity index (χ0v) is 12.8. The summed E-state index contributed by atoms with van der Waals surface area (Å²) >= 11 is 1.24. The maximum atomic E-state index is 12.1. The van der Waals surface area contributed by atoms with E-state index in [0.717, 1.165) is 0 Å². The van der Waals surface area contributed by atoms with Crippen LogP contribution >= 0.6 is 11.3 Å². The first-order valence-electron chi connectivity index (χ1n) is 6.09. The Bertz CT molecular complexity index is 817. The molecule has 0 saturated heterocycles. The van der Waals surface area contributed by atoms with Gasteiger partial charge in [0, 0.05) is 5.56 Å². The summed E-state index contributed by atoms with van der Waals surface area (Å²) in [5.41, 5.74) is 0.618. The van der Waals surface area contributed by atoms with Crippen molar-refractivity contribution < 1.29 is 13.2 Å². The second kappa shape index (κ2) is 6.08. The van der Waals surface area contributed by atoms with Gasteiger partial charge in [0.2, 0.25) is 0 Å². The quantitative estimate of drug-likeness (QED) is 0.938. The number of carbonyl (C=O) groups excluding carboxylic acids is 1. The Morgan fingerprint density at radius 1 is 1.38 bits per heavy atom. The predicted molar refractivity (Wildman–Crippen MR) is 81.2 cm³/mol. The summed E-state index contributed by atoms with van der Waals surface area (Å²) in [6, 6.07) is 9.44. The van der Waals surface area contributed by atoms with Gasteiger partial charge in [-0.15, -0.1) is 11.3 Å². The molecule has 108 valence electrons. The van der Waals surface area contributed by atoms with E-state index in [0.29, 0.717) is 10.6 Å². The number of nitrogens with zero attached hydrogens (tertiary/aromatic N) is 1. The van der Waals surface area contributed by atoms with Crippen LogP contribution in [0.2, 0.25) is 0 Å². The summed E-state index contributed by atoms with van der Waals surface area (Å²) in [6.45, 7) is 1.55. The Morgan fingerprint density at radius 3 is 2.81 bits per heavy atom. The van der Waals surface area contributed by atoms with Gasteiger partial charge in [-0.25, -0.2) is 8.42 Å². The van der Waals surface area contributed by atoms with Crippen LogP contribution in [0.5, 0.6) is 0 Å². The number of nitriles is 1. The number of hydrogen-bond donors (Lipinski definition) is 1. The van der Waals surface area contributed by atoms with Gasteiger partial charge in [-0.05, 0) is 29.6 Å². The Labute approximate surface area is 126 Å². The SMILES string of the molecule is CCS(=O)(=O)c1cccc(C(=O)Nc2sccc2C#N)c1. The molecule has 2 rings (SSSR count). The zero-order valence-electron chi connectivity index (χ0n) is 11.2. The third kappa shape index (κ3) is 3.29. The number of thiophene rings is 1. The Morgan fingerprint density at radius 2 is 2.14 bits per heavy atom. The number of anilines is 1. The van der Waals surface area contributed by atoms with Crippen LogP contribution in [0, 0.1) is 11.3 Å². The topological polar surface area (TPSA) is 87.0 Å². The fourth-order valence-corrected chi connectivity index (χ4v) is 3.33. The molecule has 0 fully saturated rings. The van der Waals surface area contributed by atoms with Crippen molar-refractivity contribution in [3.05, 3.63) is 46.8 Å². The summed E-state index contributed by atoms with van der Waals surface area (Å²) in [5, 5.41) is 13.7. The van der Waals surface area contributed by atoms with Crippen LogP contribution in [0.4, 0.5) is 5.00 Å². The molecular formula is C14H12N2O3S2. The molecule has 0 radical (unpaired) electrons. The normalized spacial score (nSPS) is 10.9. The lowest BCUT2D eigenvalue weighted by molar-refractivity contribution is 0.102. The Balaban J connectivity index is 2.29. The van der Waals surface area contributed by atoms with Gasteiger partial charge in [0.25, 0.3) is 5.91 Å². The number of nitrogens with one attached hydrogen (secondary N) is 1. The predicted octanol–water partition coefficient (Wildman–Crippen LogP) is 2.67. The molecule has 0 saturated carbocycles. The standard InChI is InChI=1S/C14H12N2O3S2/c1-2-21(18,19)12-5-3-4-10(8-12)13(17)16-14-11(9-15)6-7-20-14/h3-8H,2H2,1H3,(H,16,17). The summed E-state index contributed by atoms with van der Waals surface area (Å²) in [4.78, 5) is 12.3. The van der Waals surface area contributed by atoms with E-state index in [1.807, 2.05) is 6.07 Å². The molecule has 1 N–H and O–H groups in total. The second-order valence-corrected chi connectivity index (χ2v) is 7.35. The molecule has 1 aromatic heterocycles. The van der Waals surface area contributed by atoms with Crippen LogP contribution in [0.25, 0.3) is 0 Å². The van der Waals surface area contributed by atoms with Crippen molar-refractivity contribution in [2.75, 3.05) is 11.1 Å². The number of hydrogen-bond acceptors (Lipinski definition) is 5. The van der Waals surface area contributed by atoms with Crippen molar-refractivity contribution >= 4 is 32.1 Å². The highest BCUT2D eigenvalue weighted by Gasteiger charge is 2.15. The van der Waals surface area contributed by atoms with Crippen LogP contribution < -0.4 is 5.32 Å². The average molecular weight is 320 g/mol. The smallest absolute Gasteiger partial charge is 0.256 e. The molecular weight excluding hydrogens is 308 g/mol. The van der Waals surface area contributed by atoms with E-state index in [-0.39, 0.29) is 16.2 Å². The van der Waals surface area contributed by atoms with E-state index in [9.17, 15) is 13.2 Å². The molecule has 0 atom stereocenters. The molecule has 0 aliphatic heterocycles. The van der Waals surface area contributed by atoms with Gasteiger partial charge < -0.3 is 5.32 Å². The zero-order chi connectivity index (χ0) is 15.5. The van der Waals surface area contributed by atoms with Crippen LogP contribution in [0.1, 0.15) is 22.8 Å². The van der Waals surface area contributed by atoms with Crippen LogP contribution in [-0.2, 0) is 9.84 Å². The third-order valence-electron chi connectivity index (χ3n) is 2.85. The Kier molecular flexibility index (Phi) is 4.40. The highest BCUT2D eigenvalue weighted by atomic mass is 32.2. The number of amides is 1. The van der Waals surface area contributed by atoms with E-state index < -0.39 is 15.7 Å². The van der Waals surface area contributed by atoms with Crippen molar-refractivity contribution in [3.8, 4) is 6.07 Å². The lowest BCUT2D eigenvalue weighted by atomic mass is 10.2. The molecule has 21 heavy (non-hydrogen) atoms. The van der Waals surface area contributed by atoms with Crippen molar-refractivity contribution in [1.29, 1.82) is 5.26 Å². The van der Waals surface area contributed by atoms with Crippen molar-refractivity contribution in [3.63, 3.8) is 0 Å². The molecule has 1 aromatic carbocycles. The van der Waals surface area contributed by atoms with E-state index >= 15 is 0 Å². The van der Waals surface area contributed by atoms with Crippen molar-refractivity contribution in [1.82, 2.24) is 0 Å². The van der Waals surface area contributed by atoms with Gasteiger partial charge in [0.15, 0.2) is 9.84 Å². The molecule has 2 aromatic rings. The minimum atomic E-state index is -3.36. The first kappa shape index (κ1) is 15.2. The number of sulfone groups is 1. The lowest BCUT2D eigenvalue weighted by Gasteiger charge is -2.06. The van der Waals surface area contributed by atoms with Gasteiger partial charge in [0.05, 0.1) is 16.2 Å². The highest BCUT2D eigenvalue weighted by molar-refractivity contribution is 7.91. The van der Waals surface area contributed by atoms with Gasteiger partial charge in [-0.1, -0.05) is 13.0 Å². The van der Waals surface area contributed by atoms with Crippen LogP contribution in [0.15, 0.2) is 40.6 Å². The number of benzene rings is 1. The molecule has 0 bridgehead atoms. The molecule has 5 nitrogen and oxygen atoms in total. The fraction of sp³-hybridized carbons (Fsp3) is 0.143. The van der Waals surface area contributed by atoms with Crippen molar-refractivity contribution in [2.45, 2.75) is 11.8 Å². The number of carbonyl (C=O) groups is 1. The van der Waals surface area contributed by atoms with Crippen LogP contribution in [-0.4, -0.2) is 20.1 Å². The van der Waals surface area contributed by atoms with E-state index in [2.05, 4.69) is 5.32 Å². The van der Waals surface area contributed by atoms with Gasteiger partial charge in [-0.3, -0.25) is 4.79 Å². The molecule has 0 aliphatic rings. The average Bonchev–Trinajstić information content (AvgIpc) is 2.94. The summed E-state index contributed by atoms with van der Waals surface area (Å²) in [5.74, 6) is -0.469. The molecule has 0 aliphatic carbocycles. The minimum Gasteiger partial charge on any atom is -0.312 e. The van der Waals surface area contributed by atoms with E-state index in [1.54, 1.807) is 18.4 Å². The molecule has 0 spiro atoms. The maximum Gasteiger partial charge on any atom is 0.256 e. The fourth-order valence-electron chi connectivity index (χ4n) is 1.67. The third-order valence-corrected chi connectivity index (χ3v) is 5.41. The number of rotatable bonds is 4. The maximum absolute atomic E-state index is 12.1. The van der Waals surface area contributed by atoms with Crippen LogP contribution in [0.3, 0.4) is 0 Å². The van der Waals surface area contributed by atoms with Crippen molar-refractivity contribution in [2.24, 2.45) is 0 Å².